The minimum Gasteiger partial charge on any atom is -0.481 e. The number of hydrogen-bond acceptors (Lipinski definition) is 2. The highest BCUT2D eigenvalue weighted by Gasteiger charge is 2.12. The van der Waals surface area contributed by atoms with Crippen molar-refractivity contribution in [3.8, 4) is 0 Å². The van der Waals surface area contributed by atoms with Crippen molar-refractivity contribution in [2.24, 2.45) is 5.92 Å². The number of nitrogens with zero attached hydrogens (tertiary/aromatic N) is 1. The molecule has 0 aliphatic heterocycles. The van der Waals surface area contributed by atoms with E-state index in [0.717, 1.165) is 12.0 Å². The first kappa shape index (κ1) is 13.2. The van der Waals surface area contributed by atoms with Crippen molar-refractivity contribution >= 4 is 12.4 Å². The Balaban J connectivity index is 2.44. The summed E-state index contributed by atoms with van der Waals surface area (Å²) in [5.74, 6) is -1.25. The van der Waals surface area contributed by atoms with Crippen molar-refractivity contribution in [1.82, 2.24) is 4.90 Å². The number of hydrogen-bond donors (Lipinski definition) is 1. The van der Waals surface area contributed by atoms with Gasteiger partial charge in [0.15, 0.2) is 0 Å². The third-order valence-corrected chi connectivity index (χ3v) is 2.65. The molecule has 1 atom stereocenters. The van der Waals surface area contributed by atoms with Gasteiger partial charge in [0.2, 0.25) is 6.41 Å². The highest BCUT2D eigenvalue weighted by atomic mass is 16.4. The number of rotatable bonds is 7. The van der Waals surface area contributed by atoms with E-state index in [0.29, 0.717) is 19.5 Å². The fraction of sp³-hybridized carbons (Fsp3) is 0.385. The summed E-state index contributed by atoms with van der Waals surface area (Å²) in [5, 5.41) is 8.75. The number of carboxylic acid groups (broad SMARTS) is 1. The van der Waals surface area contributed by atoms with E-state index in [4.69, 9.17) is 5.11 Å². The van der Waals surface area contributed by atoms with Crippen LogP contribution in [0.1, 0.15) is 18.9 Å². The number of amides is 1. The summed E-state index contributed by atoms with van der Waals surface area (Å²) in [6.45, 7) is 2.64. The average Bonchev–Trinajstić information content (AvgIpc) is 2.35. The molecule has 1 aromatic rings. The standard InChI is InChI=1S/C13H17NO3/c1-11(13(16)17)7-8-14(10-15)9-12-5-3-2-4-6-12/h2-6,10-11H,7-9H2,1H3,(H,16,17). The second kappa shape index (κ2) is 6.68. The van der Waals surface area contributed by atoms with Gasteiger partial charge in [-0.05, 0) is 12.0 Å². The minimum atomic E-state index is -0.824. The second-order valence-corrected chi connectivity index (χ2v) is 4.09. The molecule has 0 bridgehead atoms. The molecule has 0 aliphatic carbocycles. The lowest BCUT2D eigenvalue weighted by atomic mass is 10.1. The van der Waals surface area contributed by atoms with Crippen molar-refractivity contribution in [1.29, 1.82) is 0 Å². The van der Waals surface area contributed by atoms with Crippen LogP contribution < -0.4 is 0 Å². The number of benzene rings is 1. The van der Waals surface area contributed by atoms with E-state index < -0.39 is 11.9 Å². The molecule has 0 saturated carbocycles. The van der Waals surface area contributed by atoms with E-state index >= 15 is 0 Å². The summed E-state index contributed by atoms with van der Waals surface area (Å²) >= 11 is 0. The molecule has 4 nitrogen and oxygen atoms in total. The molecule has 1 aromatic carbocycles. The summed E-state index contributed by atoms with van der Waals surface area (Å²) in [5.41, 5.74) is 1.04. The lowest BCUT2D eigenvalue weighted by Gasteiger charge is -2.18. The molecule has 1 amide bonds. The summed E-state index contributed by atoms with van der Waals surface area (Å²) in [6, 6.07) is 9.63. The fourth-order valence-corrected chi connectivity index (χ4v) is 1.47. The minimum absolute atomic E-state index is 0.423. The van der Waals surface area contributed by atoms with Gasteiger partial charge >= 0.3 is 5.97 Å². The molecule has 4 heteroatoms. The molecule has 0 saturated heterocycles. The maximum absolute atomic E-state index is 10.9. The summed E-state index contributed by atoms with van der Waals surface area (Å²) in [7, 11) is 0. The first-order valence-corrected chi connectivity index (χ1v) is 5.59. The lowest BCUT2D eigenvalue weighted by molar-refractivity contribution is -0.141. The van der Waals surface area contributed by atoms with Crippen molar-refractivity contribution in [3.05, 3.63) is 35.9 Å². The van der Waals surface area contributed by atoms with Crippen LogP contribution in [0.25, 0.3) is 0 Å². The van der Waals surface area contributed by atoms with E-state index in [-0.39, 0.29) is 0 Å². The zero-order chi connectivity index (χ0) is 12.7. The number of carboxylic acids is 1. The van der Waals surface area contributed by atoms with Crippen LogP contribution in [0.15, 0.2) is 30.3 Å². The Hall–Kier alpha value is -1.84. The molecule has 0 fully saturated rings. The normalized spacial score (nSPS) is 11.8. The van der Waals surface area contributed by atoms with Gasteiger partial charge in [0.05, 0.1) is 5.92 Å². The topological polar surface area (TPSA) is 57.6 Å². The summed E-state index contributed by atoms with van der Waals surface area (Å²) in [4.78, 5) is 23.1. The van der Waals surface area contributed by atoms with Gasteiger partial charge in [0, 0.05) is 13.1 Å². The second-order valence-electron chi connectivity index (χ2n) is 4.09. The first-order chi connectivity index (χ1) is 8.13. The molecule has 17 heavy (non-hydrogen) atoms. The van der Waals surface area contributed by atoms with Crippen LogP contribution in [0.3, 0.4) is 0 Å². The van der Waals surface area contributed by atoms with Crippen molar-refractivity contribution < 1.29 is 14.7 Å². The highest BCUT2D eigenvalue weighted by Crippen LogP contribution is 2.07. The zero-order valence-corrected chi connectivity index (χ0v) is 9.87. The molecule has 1 N–H and O–H groups in total. The Morgan fingerprint density at radius 1 is 1.41 bits per heavy atom. The van der Waals surface area contributed by atoms with E-state index in [1.165, 1.54) is 0 Å². The van der Waals surface area contributed by atoms with Crippen LogP contribution in [-0.4, -0.2) is 28.9 Å². The smallest absolute Gasteiger partial charge is 0.306 e. The van der Waals surface area contributed by atoms with Gasteiger partial charge in [-0.15, -0.1) is 0 Å². The molecule has 0 aliphatic rings. The van der Waals surface area contributed by atoms with E-state index in [1.54, 1.807) is 11.8 Å². The van der Waals surface area contributed by atoms with Crippen LogP contribution in [0.5, 0.6) is 0 Å². The Labute approximate surface area is 101 Å². The first-order valence-electron chi connectivity index (χ1n) is 5.59. The maximum Gasteiger partial charge on any atom is 0.306 e. The monoisotopic (exact) mass is 235 g/mol. The Morgan fingerprint density at radius 3 is 2.59 bits per heavy atom. The highest BCUT2D eigenvalue weighted by molar-refractivity contribution is 5.69. The van der Waals surface area contributed by atoms with Crippen LogP contribution in [0.4, 0.5) is 0 Å². The van der Waals surface area contributed by atoms with Crippen molar-refractivity contribution in [2.75, 3.05) is 6.54 Å². The lowest BCUT2D eigenvalue weighted by Crippen LogP contribution is -2.25. The number of carbonyl (C=O) groups is 2. The van der Waals surface area contributed by atoms with E-state index in [2.05, 4.69) is 0 Å². The Bertz CT molecular complexity index is 364. The predicted molar refractivity (Wildman–Crippen MR) is 64.3 cm³/mol. The van der Waals surface area contributed by atoms with Gasteiger partial charge in [-0.2, -0.15) is 0 Å². The Morgan fingerprint density at radius 2 is 2.06 bits per heavy atom. The molecule has 0 radical (unpaired) electrons. The van der Waals surface area contributed by atoms with Crippen LogP contribution >= 0.6 is 0 Å². The third kappa shape index (κ3) is 4.68. The molecule has 92 valence electrons. The fourth-order valence-electron chi connectivity index (χ4n) is 1.47. The molecule has 0 heterocycles. The third-order valence-electron chi connectivity index (χ3n) is 2.65. The van der Waals surface area contributed by atoms with Gasteiger partial charge in [0.25, 0.3) is 0 Å². The van der Waals surface area contributed by atoms with E-state index in [9.17, 15) is 9.59 Å². The number of carbonyl (C=O) groups excluding carboxylic acids is 1. The molecular weight excluding hydrogens is 218 g/mol. The van der Waals surface area contributed by atoms with Crippen LogP contribution in [0.2, 0.25) is 0 Å². The molecule has 1 unspecified atom stereocenters. The van der Waals surface area contributed by atoms with Gasteiger partial charge in [-0.25, -0.2) is 0 Å². The molecule has 0 aromatic heterocycles. The predicted octanol–water partition coefficient (Wildman–Crippen LogP) is 1.76. The molecule has 0 spiro atoms. The SMILES string of the molecule is CC(CCN(C=O)Cc1ccccc1)C(=O)O. The maximum atomic E-state index is 10.9. The van der Waals surface area contributed by atoms with Gasteiger partial charge in [-0.1, -0.05) is 37.3 Å². The quantitative estimate of drug-likeness (QED) is 0.732. The van der Waals surface area contributed by atoms with Crippen molar-refractivity contribution in [3.63, 3.8) is 0 Å². The van der Waals surface area contributed by atoms with Gasteiger partial charge in [0.1, 0.15) is 0 Å². The summed E-state index contributed by atoms with van der Waals surface area (Å²) in [6.07, 6.45) is 1.24. The van der Waals surface area contributed by atoms with Crippen molar-refractivity contribution in [2.45, 2.75) is 19.9 Å². The zero-order valence-electron chi connectivity index (χ0n) is 9.87. The Kier molecular flexibility index (Phi) is 5.20. The number of aliphatic carboxylic acids is 1. The summed E-state index contributed by atoms with van der Waals surface area (Å²) < 4.78 is 0. The van der Waals surface area contributed by atoms with Gasteiger partial charge < -0.3 is 10.0 Å². The van der Waals surface area contributed by atoms with Crippen LogP contribution in [0, 0.1) is 5.92 Å². The largest absolute Gasteiger partial charge is 0.481 e. The molecular formula is C13H17NO3. The molecule has 1 rings (SSSR count). The van der Waals surface area contributed by atoms with E-state index in [1.807, 2.05) is 30.3 Å². The average molecular weight is 235 g/mol. The van der Waals surface area contributed by atoms with Crippen LogP contribution in [-0.2, 0) is 16.1 Å². The van der Waals surface area contributed by atoms with Gasteiger partial charge in [-0.3, -0.25) is 9.59 Å².